The molecule has 2 aromatic rings. The minimum Gasteiger partial charge on any atom is -0.504 e. The molecule has 8 nitrogen and oxygen atoms in total. The number of anilines is 2. The van der Waals surface area contributed by atoms with Gasteiger partial charge in [0.05, 0.1) is 4.92 Å². The van der Waals surface area contributed by atoms with Crippen LogP contribution in [0.1, 0.15) is 10.4 Å². The molecule has 108 valence electrons. The van der Waals surface area contributed by atoms with Gasteiger partial charge in [-0.15, -0.1) is 0 Å². The Kier molecular flexibility index (Phi) is 3.98. The van der Waals surface area contributed by atoms with Gasteiger partial charge in [-0.25, -0.2) is 4.98 Å². The van der Waals surface area contributed by atoms with Crippen LogP contribution < -0.4 is 10.6 Å². The predicted molar refractivity (Wildman–Crippen MR) is 76.5 cm³/mol. The Bertz CT molecular complexity index is 702. The smallest absolute Gasteiger partial charge is 0.293 e. The minimum atomic E-state index is -0.602. The molecule has 0 aliphatic carbocycles. The number of carbonyl (C=O) groups is 1. The van der Waals surface area contributed by atoms with Crippen LogP contribution >= 0.6 is 0 Å². The zero-order valence-corrected chi connectivity index (χ0v) is 11.0. The molecule has 0 spiro atoms. The zero-order chi connectivity index (χ0) is 15.4. The summed E-state index contributed by atoms with van der Waals surface area (Å²) in [5.41, 5.74) is 0.179. The first kappa shape index (κ1) is 14.3. The lowest BCUT2D eigenvalue weighted by atomic mass is 10.1. The molecule has 0 fully saturated rings. The summed E-state index contributed by atoms with van der Waals surface area (Å²) in [7, 11) is 1.55. The van der Waals surface area contributed by atoms with Crippen molar-refractivity contribution in [1.29, 1.82) is 0 Å². The monoisotopic (exact) mass is 288 g/mol. The van der Waals surface area contributed by atoms with Gasteiger partial charge in [0.25, 0.3) is 11.6 Å². The van der Waals surface area contributed by atoms with Gasteiger partial charge in [0.15, 0.2) is 11.6 Å². The van der Waals surface area contributed by atoms with Gasteiger partial charge < -0.3 is 15.7 Å². The highest BCUT2D eigenvalue weighted by molar-refractivity contribution is 6.05. The second-order valence-corrected chi connectivity index (χ2v) is 4.06. The van der Waals surface area contributed by atoms with Gasteiger partial charge in [-0.05, 0) is 24.3 Å². The van der Waals surface area contributed by atoms with Gasteiger partial charge in [0, 0.05) is 24.9 Å². The van der Waals surface area contributed by atoms with E-state index in [9.17, 15) is 20.0 Å². The zero-order valence-electron chi connectivity index (χ0n) is 11.0. The van der Waals surface area contributed by atoms with E-state index < -0.39 is 10.8 Å². The third kappa shape index (κ3) is 3.06. The van der Waals surface area contributed by atoms with Gasteiger partial charge in [0.2, 0.25) is 0 Å². The third-order valence-electron chi connectivity index (χ3n) is 2.74. The Hall–Kier alpha value is -3.16. The molecule has 0 atom stereocenters. The number of nitro groups is 1. The van der Waals surface area contributed by atoms with Crippen LogP contribution in [-0.2, 0) is 0 Å². The molecule has 8 heteroatoms. The van der Waals surface area contributed by atoms with Crippen LogP contribution in [0.2, 0.25) is 0 Å². The van der Waals surface area contributed by atoms with Crippen molar-refractivity contribution in [3.8, 4) is 5.75 Å². The Morgan fingerprint density at radius 2 is 2.14 bits per heavy atom. The van der Waals surface area contributed by atoms with Crippen molar-refractivity contribution in [3.63, 3.8) is 0 Å². The van der Waals surface area contributed by atoms with Crippen molar-refractivity contribution in [2.75, 3.05) is 17.7 Å². The summed E-state index contributed by atoms with van der Waals surface area (Å²) in [6.07, 6.45) is 1.40. The van der Waals surface area contributed by atoms with Crippen molar-refractivity contribution in [2.45, 2.75) is 0 Å². The average Bonchev–Trinajstić information content (AvgIpc) is 2.48. The van der Waals surface area contributed by atoms with Crippen molar-refractivity contribution >= 4 is 23.1 Å². The van der Waals surface area contributed by atoms with Gasteiger partial charge >= 0.3 is 0 Å². The number of hydrogen-bond acceptors (Lipinski definition) is 6. The fourth-order valence-electron chi connectivity index (χ4n) is 1.71. The molecule has 0 bridgehead atoms. The number of rotatable bonds is 4. The lowest BCUT2D eigenvalue weighted by Crippen LogP contribution is -2.13. The second-order valence-electron chi connectivity index (χ2n) is 4.06. The number of pyridine rings is 1. The number of benzene rings is 1. The summed E-state index contributed by atoms with van der Waals surface area (Å²) in [5.74, 6) is -0.801. The van der Waals surface area contributed by atoms with E-state index in [0.717, 1.165) is 6.07 Å². The summed E-state index contributed by atoms with van der Waals surface area (Å²) in [6.45, 7) is 0. The molecule has 0 aliphatic rings. The van der Waals surface area contributed by atoms with Crippen molar-refractivity contribution in [3.05, 3.63) is 52.2 Å². The lowest BCUT2D eigenvalue weighted by molar-refractivity contribution is -0.384. The Morgan fingerprint density at radius 3 is 2.76 bits per heavy atom. The van der Waals surface area contributed by atoms with E-state index in [1.54, 1.807) is 7.05 Å². The van der Waals surface area contributed by atoms with Crippen LogP contribution in [0.3, 0.4) is 0 Å². The highest BCUT2D eigenvalue weighted by Crippen LogP contribution is 2.26. The summed E-state index contributed by atoms with van der Waals surface area (Å²) in [4.78, 5) is 26.2. The number of nitrogens with one attached hydrogen (secondary N) is 2. The Labute approximate surface area is 119 Å². The quantitative estimate of drug-likeness (QED) is 0.585. The molecule has 3 N–H and O–H groups in total. The van der Waals surface area contributed by atoms with Gasteiger partial charge in [0.1, 0.15) is 5.69 Å². The molecule has 21 heavy (non-hydrogen) atoms. The Morgan fingerprint density at radius 1 is 1.38 bits per heavy atom. The number of hydrogen-bond donors (Lipinski definition) is 3. The lowest BCUT2D eigenvalue weighted by Gasteiger charge is -2.07. The first-order valence-electron chi connectivity index (χ1n) is 5.94. The minimum absolute atomic E-state index is 0.0113. The molecule has 0 radical (unpaired) electrons. The highest BCUT2D eigenvalue weighted by Gasteiger charge is 2.17. The fourth-order valence-corrected chi connectivity index (χ4v) is 1.71. The molecule has 0 unspecified atom stereocenters. The van der Waals surface area contributed by atoms with Gasteiger partial charge in [-0.2, -0.15) is 0 Å². The van der Waals surface area contributed by atoms with Crippen molar-refractivity contribution in [2.24, 2.45) is 0 Å². The normalized spacial score (nSPS) is 9.95. The Balaban J connectivity index is 2.30. The number of carbonyl (C=O) groups excluding carboxylic acids is 1. The first-order chi connectivity index (χ1) is 10.0. The van der Waals surface area contributed by atoms with E-state index in [1.807, 2.05) is 0 Å². The van der Waals surface area contributed by atoms with E-state index >= 15 is 0 Å². The SMILES string of the molecule is CNc1ccc(C(=O)Nc2ncccc2O)cc1[N+](=O)[O-]. The van der Waals surface area contributed by atoms with Crippen LogP contribution in [0.4, 0.5) is 17.2 Å². The van der Waals surface area contributed by atoms with E-state index in [0.29, 0.717) is 5.69 Å². The number of aromatic hydroxyl groups is 1. The van der Waals surface area contributed by atoms with E-state index in [2.05, 4.69) is 15.6 Å². The second kappa shape index (κ2) is 5.87. The maximum absolute atomic E-state index is 12.0. The molecule has 1 amide bonds. The summed E-state index contributed by atoms with van der Waals surface area (Å²) < 4.78 is 0. The summed E-state index contributed by atoms with van der Waals surface area (Å²) in [6, 6.07) is 6.91. The fraction of sp³-hybridized carbons (Fsp3) is 0.0769. The number of amides is 1. The molecular weight excluding hydrogens is 276 g/mol. The molecule has 0 aliphatic heterocycles. The molecular formula is C13H12N4O4. The summed E-state index contributed by atoms with van der Waals surface area (Å²) in [5, 5.41) is 25.5. The van der Waals surface area contributed by atoms with Gasteiger partial charge in [-0.1, -0.05) is 0 Å². The largest absolute Gasteiger partial charge is 0.504 e. The topological polar surface area (TPSA) is 117 Å². The molecule has 1 heterocycles. The molecule has 2 rings (SSSR count). The molecule has 0 saturated heterocycles. The standard InChI is InChI=1S/C13H12N4O4/c1-14-9-5-4-8(7-10(9)17(20)21)13(19)16-12-11(18)3-2-6-15-12/h2-7,14,18H,1H3,(H,15,16,19). The predicted octanol–water partition coefficient (Wildman–Crippen LogP) is 1.99. The number of nitro benzene ring substituents is 1. The maximum Gasteiger partial charge on any atom is 0.293 e. The molecule has 1 aromatic heterocycles. The average molecular weight is 288 g/mol. The first-order valence-corrected chi connectivity index (χ1v) is 5.94. The van der Waals surface area contributed by atoms with E-state index in [1.165, 1.54) is 30.5 Å². The van der Waals surface area contributed by atoms with E-state index in [4.69, 9.17) is 0 Å². The number of aromatic nitrogens is 1. The van der Waals surface area contributed by atoms with Crippen molar-refractivity contribution in [1.82, 2.24) is 4.98 Å². The van der Waals surface area contributed by atoms with Crippen LogP contribution in [0, 0.1) is 10.1 Å². The maximum atomic E-state index is 12.0. The van der Waals surface area contributed by atoms with E-state index in [-0.39, 0.29) is 22.8 Å². The number of nitrogens with zero attached hydrogens (tertiary/aromatic N) is 2. The van der Waals surface area contributed by atoms with Crippen LogP contribution in [0.15, 0.2) is 36.5 Å². The van der Waals surface area contributed by atoms with Crippen LogP contribution in [0.5, 0.6) is 5.75 Å². The van der Waals surface area contributed by atoms with Crippen LogP contribution in [0.25, 0.3) is 0 Å². The molecule has 0 saturated carbocycles. The third-order valence-corrected chi connectivity index (χ3v) is 2.74. The molecule has 1 aromatic carbocycles. The highest BCUT2D eigenvalue weighted by atomic mass is 16.6. The van der Waals surface area contributed by atoms with Gasteiger partial charge in [-0.3, -0.25) is 14.9 Å². The van der Waals surface area contributed by atoms with Crippen molar-refractivity contribution < 1.29 is 14.8 Å². The van der Waals surface area contributed by atoms with Crippen LogP contribution in [-0.4, -0.2) is 28.0 Å². The summed E-state index contributed by atoms with van der Waals surface area (Å²) >= 11 is 0.